The quantitative estimate of drug-likeness (QED) is 0.507. The van der Waals surface area contributed by atoms with Crippen LogP contribution in [0.5, 0.6) is 0 Å². The molecule has 0 aliphatic carbocycles. The number of rotatable bonds is 8. The van der Waals surface area contributed by atoms with E-state index in [4.69, 9.17) is 4.74 Å². The van der Waals surface area contributed by atoms with Gasteiger partial charge in [0.15, 0.2) is 0 Å². The summed E-state index contributed by atoms with van der Waals surface area (Å²) in [6.07, 6.45) is 2.67. The van der Waals surface area contributed by atoms with Crippen molar-refractivity contribution in [2.24, 2.45) is 5.92 Å². The van der Waals surface area contributed by atoms with Crippen LogP contribution < -0.4 is 4.90 Å². The number of anilines is 1. The standard InChI is InChI=1S/C27H30FN3O2/c1-21(19-33-20-23-7-11-25(28)12-8-23)18-22-5-9-24(10-6-22)27(32)31-16-14-30(15-17-31)26-4-2-3-13-29-26/h2-13,21H,14-20H2,1H3. The lowest BCUT2D eigenvalue weighted by molar-refractivity contribution is 0.0746. The SMILES string of the molecule is CC(COCc1ccc(F)cc1)Cc1ccc(C(=O)N2CCN(c3ccccn3)CC2)cc1. The maximum absolute atomic E-state index is 13.0. The molecule has 0 spiro atoms. The maximum atomic E-state index is 13.0. The van der Waals surface area contributed by atoms with Gasteiger partial charge in [-0.3, -0.25) is 4.79 Å². The van der Waals surface area contributed by atoms with E-state index in [0.29, 0.717) is 32.2 Å². The van der Waals surface area contributed by atoms with E-state index in [2.05, 4.69) is 16.8 Å². The number of benzene rings is 2. The summed E-state index contributed by atoms with van der Waals surface area (Å²) in [5, 5.41) is 0. The second-order valence-corrected chi connectivity index (χ2v) is 8.61. The van der Waals surface area contributed by atoms with Crippen LogP contribution in [0.4, 0.5) is 10.2 Å². The highest BCUT2D eigenvalue weighted by Crippen LogP contribution is 2.16. The van der Waals surface area contributed by atoms with Crippen molar-refractivity contribution < 1.29 is 13.9 Å². The second-order valence-electron chi connectivity index (χ2n) is 8.61. The van der Waals surface area contributed by atoms with Gasteiger partial charge in [0.2, 0.25) is 0 Å². The Hall–Kier alpha value is -3.25. The molecule has 3 aromatic rings. The van der Waals surface area contributed by atoms with Crippen LogP contribution in [-0.2, 0) is 17.8 Å². The predicted octanol–water partition coefficient (Wildman–Crippen LogP) is 4.58. The Balaban J connectivity index is 1.22. The lowest BCUT2D eigenvalue weighted by Crippen LogP contribution is -2.49. The Labute approximate surface area is 194 Å². The molecule has 0 N–H and O–H groups in total. The molecule has 1 atom stereocenters. The fourth-order valence-corrected chi connectivity index (χ4v) is 4.07. The van der Waals surface area contributed by atoms with Crippen LogP contribution in [0.3, 0.4) is 0 Å². The van der Waals surface area contributed by atoms with Gasteiger partial charge in [0.25, 0.3) is 5.91 Å². The Morgan fingerprint density at radius 3 is 2.33 bits per heavy atom. The normalized spacial score (nSPS) is 14.8. The summed E-state index contributed by atoms with van der Waals surface area (Å²) >= 11 is 0. The third-order valence-corrected chi connectivity index (χ3v) is 5.91. The molecule has 1 fully saturated rings. The molecule has 1 unspecified atom stereocenters. The minimum atomic E-state index is -0.235. The van der Waals surface area contributed by atoms with Gasteiger partial charge in [-0.1, -0.05) is 37.3 Å². The molecule has 1 amide bonds. The molecule has 1 saturated heterocycles. The number of halogens is 1. The summed E-state index contributed by atoms with van der Waals surface area (Å²) in [7, 11) is 0. The van der Waals surface area contributed by atoms with Crippen LogP contribution in [0.1, 0.15) is 28.4 Å². The number of ether oxygens (including phenoxy) is 1. The monoisotopic (exact) mass is 447 g/mol. The summed E-state index contributed by atoms with van der Waals surface area (Å²) in [5.74, 6) is 1.15. The van der Waals surface area contributed by atoms with Gasteiger partial charge >= 0.3 is 0 Å². The molecule has 1 aliphatic heterocycles. The minimum Gasteiger partial charge on any atom is -0.376 e. The minimum absolute atomic E-state index is 0.0814. The van der Waals surface area contributed by atoms with E-state index in [0.717, 1.165) is 36.5 Å². The average Bonchev–Trinajstić information content (AvgIpc) is 2.86. The molecular weight excluding hydrogens is 417 g/mol. The predicted molar refractivity (Wildman–Crippen MR) is 128 cm³/mol. The number of piperazine rings is 1. The highest BCUT2D eigenvalue weighted by Gasteiger charge is 2.22. The number of pyridine rings is 1. The summed E-state index contributed by atoms with van der Waals surface area (Å²) in [4.78, 5) is 21.5. The molecule has 6 heteroatoms. The van der Waals surface area contributed by atoms with Crippen molar-refractivity contribution in [2.75, 3.05) is 37.7 Å². The fourth-order valence-electron chi connectivity index (χ4n) is 4.07. The van der Waals surface area contributed by atoms with Crippen molar-refractivity contribution in [1.29, 1.82) is 0 Å². The van der Waals surface area contributed by atoms with Crippen LogP contribution >= 0.6 is 0 Å². The first-order valence-electron chi connectivity index (χ1n) is 11.4. The topological polar surface area (TPSA) is 45.7 Å². The van der Waals surface area contributed by atoms with Crippen LogP contribution in [0, 0.1) is 11.7 Å². The summed E-state index contributed by atoms with van der Waals surface area (Å²) in [6.45, 7) is 6.21. The van der Waals surface area contributed by atoms with E-state index in [-0.39, 0.29) is 11.7 Å². The number of nitrogens with zero attached hydrogens (tertiary/aromatic N) is 3. The number of carbonyl (C=O) groups excluding carboxylic acids is 1. The first-order chi connectivity index (χ1) is 16.1. The molecule has 33 heavy (non-hydrogen) atoms. The van der Waals surface area contributed by atoms with Crippen molar-refractivity contribution in [3.8, 4) is 0 Å². The molecule has 172 valence electrons. The van der Waals surface area contributed by atoms with Crippen LogP contribution in [-0.4, -0.2) is 48.6 Å². The Bertz CT molecular complexity index is 1020. The van der Waals surface area contributed by atoms with E-state index >= 15 is 0 Å². The van der Waals surface area contributed by atoms with E-state index in [9.17, 15) is 9.18 Å². The second kappa shape index (κ2) is 11.1. The number of amides is 1. The molecule has 2 heterocycles. The molecule has 0 radical (unpaired) electrons. The molecule has 1 aliphatic rings. The largest absolute Gasteiger partial charge is 0.376 e. The van der Waals surface area contributed by atoms with E-state index in [1.54, 1.807) is 18.3 Å². The third-order valence-electron chi connectivity index (χ3n) is 5.91. The van der Waals surface area contributed by atoms with Gasteiger partial charge in [-0.05, 0) is 59.9 Å². The van der Waals surface area contributed by atoms with Crippen molar-refractivity contribution in [3.63, 3.8) is 0 Å². The molecule has 0 saturated carbocycles. The zero-order valence-electron chi connectivity index (χ0n) is 19.0. The molecule has 0 bridgehead atoms. The number of hydrogen-bond donors (Lipinski definition) is 0. The lowest BCUT2D eigenvalue weighted by atomic mass is 10.0. The maximum Gasteiger partial charge on any atom is 0.253 e. The van der Waals surface area contributed by atoms with Gasteiger partial charge in [0.1, 0.15) is 11.6 Å². The van der Waals surface area contributed by atoms with Gasteiger partial charge in [-0.25, -0.2) is 9.37 Å². The number of aromatic nitrogens is 1. The highest BCUT2D eigenvalue weighted by molar-refractivity contribution is 5.94. The van der Waals surface area contributed by atoms with Crippen molar-refractivity contribution in [3.05, 3.63) is 95.4 Å². The smallest absolute Gasteiger partial charge is 0.253 e. The van der Waals surface area contributed by atoms with Gasteiger partial charge in [0, 0.05) is 44.5 Å². The molecule has 5 nitrogen and oxygen atoms in total. The zero-order chi connectivity index (χ0) is 23.0. The fraction of sp³-hybridized carbons (Fsp3) is 0.333. The number of carbonyl (C=O) groups is 1. The first-order valence-corrected chi connectivity index (χ1v) is 11.4. The molecule has 4 rings (SSSR count). The van der Waals surface area contributed by atoms with Gasteiger partial charge in [0.05, 0.1) is 6.61 Å². The van der Waals surface area contributed by atoms with Crippen molar-refractivity contribution in [2.45, 2.75) is 20.0 Å². The van der Waals surface area contributed by atoms with Crippen molar-refractivity contribution in [1.82, 2.24) is 9.88 Å². The Morgan fingerprint density at radius 2 is 1.67 bits per heavy atom. The van der Waals surface area contributed by atoms with Crippen molar-refractivity contribution >= 4 is 11.7 Å². The highest BCUT2D eigenvalue weighted by atomic mass is 19.1. The molecular formula is C27H30FN3O2. The summed E-state index contributed by atoms with van der Waals surface area (Å²) < 4.78 is 18.8. The first kappa shape index (κ1) is 22.9. The van der Waals surface area contributed by atoms with Crippen LogP contribution in [0.15, 0.2) is 72.9 Å². The zero-order valence-corrected chi connectivity index (χ0v) is 19.0. The van der Waals surface area contributed by atoms with Crippen LogP contribution in [0.2, 0.25) is 0 Å². The molecule has 2 aromatic carbocycles. The summed E-state index contributed by atoms with van der Waals surface area (Å²) in [5.41, 5.74) is 2.88. The lowest BCUT2D eigenvalue weighted by Gasteiger charge is -2.35. The van der Waals surface area contributed by atoms with Gasteiger partial charge < -0.3 is 14.5 Å². The van der Waals surface area contributed by atoms with Crippen LogP contribution in [0.25, 0.3) is 0 Å². The average molecular weight is 448 g/mol. The molecule has 1 aromatic heterocycles. The van der Waals surface area contributed by atoms with E-state index < -0.39 is 0 Å². The Morgan fingerprint density at radius 1 is 0.970 bits per heavy atom. The van der Waals surface area contributed by atoms with Gasteiger partial charge in [-0.15, -0.1) is 0 Å². The Kier molecular flexibility index (Phi) is 7.68. The van der Waals surface area contributed by atoms with E-state index in [1.807, 2.05) is 47.4 Å². The van der Waals surface area contributed by atoms with E-state index in [1.165, 1.54) is 17.7 Å². The third kappa shape index (κ3) is 6.39. The number of hydrogen-bond acceptors (Lipinski definition) is 4. The summed E-state index contributed by atoms with van der Waals surface area (Å²) in [6, 6.07) is 20.2. The van der Waals surface area contributed by atoms with Gasteiger partial charge in [-0.2, -0.15) is 0 Å².